The maximum atomic E-state index is 12.4. The highest BCUT2D eigenvalue weighted by Crippen LogP contribution is 2.19. The number of ketones is 1. The molecule has 0 N–H and O–H groups in total. The molecule has 1 unspecified atom stereocenters. The van der Waals surface area contributed by atoms with Gasteiger partial charge in [-0.3, -0.25) is 4.79 Å². The Hall–Kier alpha value is -1.68. The van der Waals surface area contributed by atoms with Gasteiger partial charge in [-0.25, -0.2) is 4.98 Å². The van der Waals surface area contributed by atoms with Gasteiger partial charge in [0.25, 0.3) is 0 Å². The number of carbonyl (C=O) groups is 1. The zero-order valence-electron chi connectivity index (χ0n) is 12.5. The predicted octanol–water partition coefficient (Wildman–Crippen LogP) is 3.13. The van der Waals surface area contributed by atoms with E-state index in [4.69, 9.17) is 4.74 Å². The lowest BCUT2D eigenvalue weighted by Crippen LogP contribution is -2.30. The van der Waals surface area contributed by atoms with E-state index >= 15 is 0 Å². The minimum Gasteiger partial charge on any atom is -0.370 e. The van der Waals surface area contributed by atoms with Gasteiger partial charge in [0.15, 0.2) is 5.78 Å². The van der Waals surface area contributed by atoms with Crippen molar-refractivity contribution in [1.82, 2.24) is 9.55 Å². The molecule has 0 saturated carbocycles. The van der Waals surface area contributed by atoms with Gasteiger partial charge in [-0.15, -0.1) is 0 Å². The molecule has 1 aromatic heterocycles. The van der Waals surface area contributed by atoms with E-state index in [2.05, 4.69) is 22.5 Å². The highest BCUT2D eigenvalue weighted by Gasteiger charge is 2.24. The van der Waals surface area contributed by atoms with Gasteiger partial charge in [-0.05, 0) is 37.8 Å². The van der Waals surface area contributed by atoms with Crippen LogP contribution in [0.2, 0.25) is 0 Å². The fourth-order valence-electron chi connectivity index (χ4n) is 3.00. The maximum Gasteiger partial charge on any atom is 0.169 e. The number of aryl methyl sites for hydroxylation is 1. The summed E-state index contributed by atoms with van der Waals surface area (Å²) in [5.74, 6) is 1.04. The number of carbonyl (C=O) groups excluding carboxylic acids is 1. The first-order chi connectivity index (χ1) is 10.3. The van der Waals surface area contributed by atoms with Crippen molar-refractivity contribution < 1.29 is 9.53 Å². The highest BCUT2D eigenvalue weighted by molar-refractivity contribution is 5.86. The Morgan fingerprint density at radius 1 is 1.38 bits per heavy atom. The molecule has 2 heterocycles. The van der Waals surface area contributed by atoms with E-state index < -0.39 is 0 Å². The van der Waals surface area contributed by atoms with Crippen molar-refractivity contribution in [3.63, 3.8) is 0 Å². The Morgan fingerprint density at radius 3 is 3.00 bits per heavy atom. The monoisotopic (exact) mass is 286 g/mol. The summed E-state index contributed by atoms with van der Waals surface area (Å²) in [4.78, 5) is 17.1. The number of para-hydroxylation sites is 2. The van der Waals surface area contributed by atoms with Crippen LogP contribution in [0, 0.1) is 0 Å². The standard InChI is InChI=1S/C17H22N2O2/c1-2-10-19-14-8-4-3-7-13(14)18-17(19)12-15(20)16-9-5-6-11-21-16/h3-4,7-8,16H,2,5-6,9-12H2,1H3. The Morgan fingerprint density at radius 2 is 2.24 bits per heavy atom. The van der Waals surface area contributed by atoms with Crippen LogP contribution >= 0.6 is 0 Å². The van der Waals surface area contributed by atoms with Crippen molar-refractivity contribution in [2.45, 2.75) is 51.7 Å². The number of hydrogen-bond donors (Lipinski definition) is 0. The number of ether oxygens (including phenoxy) is 1. The van der Waals surface area contributed by atoms with Crippen molar-refractivity contribution in [3.05, 3.63) is 30.1 Å². The first kappa shape index (κ1) is 14.3. The SMILES string of the molecule is CCCn1c(CC(=O)C2CCCCO2)nc2ccccc21. The first-order valence-electron chi connectivity index (χ1n) is 7.88. The van der Waals surface area contributed by atoms with E-state index in [0.717, 1.165) is 49.1 Å². The quantitative estimate of drug-likeness (QED) is 0.848. The molecule has 1 fully saturated rings. The van der Waals surface area contributed by atoms with Gasteiger partial charge >= 0.3 is 0 Å². The van der Waals surface area contributed by atoms with Crippen LogP contribution < -0.4 is 0 Å². The van der Waals surface area contributed by atoms with Gasteiger partial charge in [0.05, 0.1) is 17.5 Å². The molecule has 4 heteroatoms. The Balaban J connectivity index is 1.85. The number of imidazole rings is 1. The molecule has 21 heavy (non-hydrogen) atoms. The predicted molar refractivity (Wildman–Crippen MR) is 82.3 cm³/mol. The minimum absolute atomic E-state index is 0.169. The molecule has 0 amide bonds. The van der Waals surface area contributed by atoms with Gasteiger partial charge in [0.1, 0.15) is 11.9 Å². The lowest BCUT2D eigenvalue weighted by Gasteiger charge is -2.21. The second kappa shape index (κ2) is 6.39. The zero-order valence-corrected chi connectivity index (χ0v) is 12.5. The van der Waals surface area contributed by atoms with E-state index in [1.807, 2.05) is 18.2 Å². The third kappa shape index (κ3) is 3.00. The summed E-state index contributed by atoms with van der Waals surface area (Å²) in [6.07, 6.45) is 4.18. The number of fused-ring (bicyclic) bond motifs is 1. The molecule has 1 aliphatic heterocycles. The smallest absolute Gasteiger partial charge is 0.169 e. The molecule has 1 atom stereocenters. The number of aromatic nitrogens is 2. The van der Waals surface area contributed by atoms with Gasteiger partial charge in [0.2, 0.25) is 0 Å². The zero-order chi connectivity index (χ0) is 14.7. The minimum atomic E-state index is -0.228. The maximum absolute atomic E-state index is 12.4. The lowest BCUT2D eigenvalue weighted by molar-refractivity contribution is -0.132. The third-order valence-electron chi connectivity index (χ3n) is 4.05. The molecular formula is C17H22N2O2. The summed E-state index contributed by atoms with van der Waals surface area (Å²) in [5.41, 5.74) is 2.09. The van der Waals surface area contributed by atoms with E-state index in [1.165, 1.54) is 0 Å². The molecule has 2 aromatic rings. The number of Topliss-reactive ketones (excluding diaryl/α,β-unsaturated/α-hetero) is 1. The summed E-state index contributed by atoms with van der Waals surface area (Å²) < 4.78 is 7.78. The van der Waals surface area contributed by atoms with Crippen molar-refractivity contribution in [2.24, 2.45) is 0 Å². The average molecular weight is 286 g/mol. The van der Waals surface area contributed by atoms with Crippen molar-refractivity contribution in [2.75, 3.05) is 6.61 Å². The van der Waals surface area contributed by atoms with E-state index in [0.29, 0.717) is 13.0 Å². The number of nitrogens with zero attached hydrogens (tertiary/aromatic N) is 2. The van der Waals surface area contributed by atoms with Crippen molar-refractivity contribution in [3.8, 4) is 0 Å². The molecule has 0 bridgehead atoms. The number of rotatable bonds is 5. The Bertz CT molecular complexity index is 627. The molecule has 112 valence electrons. The molecule has 1 aromatic carbocycles. The third-order valence-corrected chi connectivity index (χ3v) is 4.05. The molecule has 3 rings (SSSR count). The van der Waals surface area contributed by atoms with Crippen LogP contribution in [0.5, 0.6) is 0 Å². The summed E-state index contributed by atoms with van der Waals surface area (Å²) in [6, 6.07) is 8.09. The molecule has 1 aliphatic rings. The fraction of sp³-hybridized carbons (Fsp3) is 0.529. The fourth-order valence-corrected chi connectivity index (χ4v) is 3.00. The summed E-state index contributed by atoms with van der Waals surface area (Å²) in [5, 5.41) is 0. The highest BCUT2D eigenvalue weighted by atomic mass is 16.5. The summed E-state index contributed by atoms with van der Waals surface area (Å²) in [7, 11) is 0. The van der Waals surface area contributed by atoms with Crippen LogP contribution in [0.3, 0.4) is 0 Å². The van der Waals surface area contributed by atoms with Gasteiger partial charge in [-0.1, -0.05) is 19.1 Å². The molecule has 0 aliphatic carbocycles. The largest absolute Gasteiger partial charge is 0.370 e. The summed E-state index contributed by atoms with van der Waals surface area (Å²) in [6.45, 7) is 3.75. The average Bonchev–Trinajstić information content (AvgIpc) is 2.86. The number of benzene rings is 1. The van der Waals surface area contributed by atoms with Crippen molar-refractivity contribution >= 4 is 16.8 Å². The Labute approximate surface area is 125 Å². The number of hydrogen-bond acceptors (Lipinski definition) is 3. The van der Waals surface area contributed by atoms with Crippen molar-refractivity contribution in [1.29, 1.82) is 0 Å². The van der Waals surface area contributed by atoms with E-state index in [9.17, 15) is 4.79 Å². The van der Waals surface area contributed by atoms with Crippen LogP contribution in [0.4, 0.5) is 0 Å². The Kier molecular flexibility index (Phi) is 4.34. The van der Waals surface area contributed by atoms with E-state index in [-0.39, 0.29) is 11.9 Å². The second-order valence-corrected chi connectivity index (χ2v) is 5.67. The van der Waals surface area contributed by atoms with Crippen LogP contribution in [0.25, 0.3) is 11.0 Å². The van der Waals surface area contributed by atoms with E-state index in [1.54, 1.807) is 0 Å². The summed E-state index contributed by atoms with van der Waals surface area (Å²) >= 11 is 0. The first-order valence-corrected chi connectivity index (χ1v) is 7.88. The topological polar surface area (TPSA) is 44.1 Å². The molecule has 0 spiro atoms. The molecule has 0 radical (unpaired) electrons. The van der Waals surface area contributed by atoms with Crippen LogP contribution in [0.1, 0.15) is 38.4 Å². The lowest BCUT2D eigenvalue weighted by atomic mass is 10.0. The van der Waals surface area contributed by atoms with Gasteiger partial charge in [-0.2, -0.15) is 0 Å². The van der Waals surface area contributed by atoms with Gasteiger partial charge < -0.3 is 9.30 Å². The van der Waals surface area contributed by atoms with Gasteiger partial charge in [0, 0.05) is 13.2 Å². The molecule has 1 saturated heterocycles. The molecular weight excluding hydrogens is 264 g/mol. The van der Waals surface area contributed by atoms with Crippen LogP contribution in [0.15, 0.2) is 24.3 Å². The second-order valence-electron chi connectivity index (χ2n) is 5.67. The molecule has 4 nitrogen and oxygen atoms in total. The normalized spacial score (nSPS) is 19.0. The van der Waals surface area contributed by atoms with Crippen LogP contribution in [-0.2, 0) is 22.5 Å². The van der Waals surface area contributed by atoms with Crippen LogP contribution in [-0.4, -0.2) is 28.0 Å².